The van der Waals surface area contributed by atoms with E-state index in [1.165, 1.54) is 218 Å². The molecule has 1 aliphatic carbocycles. The Labute approximate surface area is 607 Å². The van der Waals surface area contributed by atoms with E-state index in [1.54, 1.807) is 0 Å². The molecule has 0 atom stereocenters. The molecule has 15 heterocycles. The minimum atomic E-state index is -0.145. The van der Waals surface area contributed by atoms with Crippen molar-refractivity contribution in [1.82, 2.24) is 17.6 Å². The Morgan fingerprint density at radius 2 is 0.735 bits per heavy atom. The third kappa shape index (κ3) is 8.12. The average molecular weight is 1370 g/mol. The van der Waals surface area contributed by atoms with E-state index in [-0.39, 0.29) is 27.6 Å². The molecule has 3 aromatic carbocycles. The summed E-state index contributed by atoms with van der Waals surface area (Å²) < 4.78 is 32.2. The van der Waals surface area contributed by atoms with Crippen molar-refractivity contribution in [3.63, 3.8) is 0 Å². The molecule has 0 saturated heterocycles. The molecular formula is C91H104N8O2S+4. The normalized spacial score (nSPS) is 15.7. The quantitative estimate of drug-likeness (QED) is 0.142. The highest BCUT2D eigenvalue weighted by molar-refractivity contribution is 7.13. The molecule has 102 heavy (non-hydrogen) atoms. The number of fused-ring (bicyclic) bond motifs is 25. The van der Waals surface area contributed by atoms with Crippen LogP contribution in [-0.2, 0) is 27.6 Å². The number of hydrogen-bond donors (Lipinski definition) is 0. The maximum Gasteiger partial charge on any atom is 0.260 e. The Hall–Kier alpha value is -9.06. The monoisotopic (exact) mass is 1370 g/mol. The highest BCUT2D eigenvalue weighted by Gasteiger charge is 2.53. The van der Waals surface area contributed by atoms with Gasteiger partial charge in [0.2, 0.25) is 11.4 Å². The summed E-state index contributed by atoms with van der Waals surface area (Å²) in [5, 5.41) is 3.46. The van der Waals surface area contributed by atoms with Gasteiger partial charge in [-0.25, -0.2) is 18.3 Å². The van der Waals surface area contributed by atoms with Gasteiger partial charge in [0.25, 0.3) is 23.3 Å². The van der Waals surface area contributed by atoms with Crippen molar-refractivity contribution in [2.24, 2.45) is 0 Å². The lowest BCUT2D eigenvalue weighted by atomic mass is 9.80. The molecule has 14 aromatic rings. The standard InChI is InChI=1S/C30H33N2.C23H25N2O.C19H23N2O.C19H23N2S/c1-16-17(2)19(4)31-20(5)32-28(27(31)18(16)3)23-15-25-22(14-26(23)30(32,8)9)21-12-10-11-13-24(21)29(25,6)7;1-12-13(2)15(4)24-16(5)25-21(20(24)14(12)3)22-19(23(25,6)7)17-10-8-9-11-18(17)26-22;2*1-10-11(2)13(4)20-14(5)21-17(16(20)12(10)3)18-15(8-9-22-18)19(21,6)7/h10-15H,1-9H3;8-11H,1-7H3;2*8-9H,1-7H3/q4*+1. The number of hydrogen-bond acceptors (Lipinski definition) is 3. The zero-order chi connectivity index (χ0) is 73.4. The number of benzene rings is 3. The summed E-state index contributed by atoms with van der Waals surface area (Å²) in [6, 6.07) is 26.8. The number of para-hydroxylation sites is 1. The van der Waals surface area contributed by atoms with Crippen molar-refractivity contribution < 1.29 is 27.1 Å². The van der Waals surface area contributed by atoms with Crippen LogP contribution in [0.1, 0.15) is 215 Å². The molecule has 5 aliphatic rings. The first-order chi connectivity index (χ1) is 47.8. The summed E-state index contributed by atoms with van der Waals surface area (Å²) in [5.74, 6) is 7.25. The minimum absolute atomic E-state index is 0.0145. The molecule has 0 amide bonds. The van der Waals surface area contributed by atoms with Crippen molar-refractivity contribution in [1.29, 1.82) is 0 Å². The van der Waals surface area contributed by atoms with Crippen LogP contribution in [0.25, 0.3) is 88.9 Å². The molecule has 19 rings (SSSR count). The lowest BCUT2D eigenvalue weighted by Crippen LogP contribution is -2.52. The Morgan fingerprint density at radius 1 is 0.333 bits per heavy atom. The topological polar surface area (TPSA) is 59.4 Å². The van der Waals surface area contributed by atoms with Gasteiger partial charge in [-0.3, -0.25) is 0 Å². The largest absolute Gasteiger partial charge is 0.460 e. The van der Waals surface area contributed by atoms with Crippen LogP contribution in [0.4, 0.5) is 0 Å². The number of nitrogens with zero attached hydrogens (tertiary/aromatic N) is 8. The van der Waals surface area contributed by atoms with Crippen LogP contribution in [0, 0.1) is 138 Å². The molecule has 0 N–H and O–H groups in total. The lowest BCUT2D eigenvalue weighted by Gasteiger charge is -2.23. The highest BCUT2D eigenvalue weighted by atomic mass is 32.1. The lowest BCUT2D eigenvalue weighted by molar-refractivity contribution is -0.736. The molecular weight excluding hydrogens is 1270 g/mol. The summed E-state index contributed by atoms with van der Waals surface area (Å²) in [6.07, 6.45) is 1.82. The summed E-state index contributed by atoms with van der Waals surface area (Å²) >= 11 is 1.88. The van der Waals surface area contributed by atoms with E-state index in [2.05, 4.69) is 316 Å². The number of rotatable bonds is 0. The van der Waals surface area contributed by atoms with Crippen LogP contribution in [0.5, 0.6) is 0 Å². The van der Waals surface area contributed by atoms with E-state index < -0.39 is 0 Å². The number of furan rings is 2. The SMILES string of the molecule is Cc1c(C)c(C)n2c(C)[n+]3c(c2c1C)-c1cc2c(cc1C3(C)C)-c1ccccc1C2(C)C.Cc1c(C)c(C)n2c(C)[n+]3c(c2c1C)-c1oc2ccccc2c1C3(C)C.Cc1c(C)c(C)n2c(C)[n+]3c(c2c1C)-c1occc1C3(C)C.Cc1c(C)c(C)n2c(C)[n+]3c(c2c1C)-c1sccc1C3(C)C. The Balaban J connectivity index is 0.000000107. The van der Waals surface area contributed by atoms with Gasteiger partial charge < -0.3 is 8.83 Å². The fourth-order valence-electron chi connectivity index (χ4n) is 20.5. The summed E-state index contributed by atoms with van der Waals surface area (Å²) in [6.45, 7) is 68.3. The van der Waals surface area contributed by atoms with Gasteiger partial charge in [0.15, 0.2) is 45.0 Å². The maximum atomic E-state index is 6.42. The second kappa shape index (κ2) is 21.5. The Bertz CT molecular complexity index is 5990. The van der Waals surface area contributed by atoms with Crippen molar-refractivity contribution in [2.45, 2.75) is 235 Å². The van der Waals surface area contributed by atoms with E-state index in [0.29, 0.717) is 0 Å². The van der Waals surface area contributed by atoms with Crippen molar-refractivity contribution >= 4 is 44.4 Å². The second-order valence-corrected chi connectivity index (χ2v) is 34.4. The van der Waals surface area contributed by atoms with E-state index in [9.17, 15) is 0 Å². The molecule has 0 unspecified atom stereocenters. The number of imidazole rings is 4. The zero-order valence-corrected chi connectivity index (χ0v) is 67.2. The fraction of sp³-hybridized carbons (Fsp3) is 0.385. The van der Waals surface area contributed by atoms with Gasteiger partial charge in [-0.15, -0.1) is 11.3 Å². The van der Waals surface area contributed by atoms with Crippen molar-refractivity contribution in [3.8, 4) is 55.9 Å². The molecule has 0 bridgehead atoms. The van der Waals surface area contributed by atoms with Crippen LogP contribution >= 0.6 is 11.3 Å². The van der Waals surface area contributed by atoms with Crippen LogP contribution in [-0.4, -0.2) is 17.6 Å². The van der Waals surface area contributed by atoms with E-state index >= 15 is 0 Å². The van der Waals surface area contributed by atoms with Crippen molar-refractivity contribution in [3.05, 3.63) is 231 Å². The maximum absolute atomic E-state index is 6.42. The third-order valence-corrected chi connectivity index (χ3v) is 28.0. The van der Waals surface area contributed by atoms with Gasteiger partial charge >= 0.3 is 0 Å². The predicted molar refractivity (Wildman–Crippen MR) is 418 cm³/mol. The highest BCUT2D eigenvalue weighted by Crippen LogP contribution is 2.55. The smallest absolute Gasteiger partial charge is 0.260 e. The van der Waals surface area contributed by atoms with Gasteiger partial charge in [-0.1, -0.05) is 56.3 Å². The molecule has 0 radical (unpaired) electrons. The van der Waals surface area contributed by atoms with E-state index in [0.717, 1.165) is 17.1 Å². The fourth-order valence-corrected chi connectivity index (χ4v) is 21.5. The predicted octanol–water partition coefficient (Wildman–Crippen LogP) is 20.8. The molecule has 0 saturated carbocycles. The van der Waals surface area contributed by atoms with Crippen LogP contribution in [0.15, 0.2) is 93.3 Å². The Kier molecular flexibility index (Phi) is 14.2. The first-order valence-electron chi connectivity index (χ1n) is 37.0. The average Bonchev–Trinajstić information content (AvgIpc) is 1.54. The van der Waals surface area contributed by atoms with E-state index in [4.69, 9.17) is 8.83 Å². The first-order valence-corrected chi connectivity index (χ1v) is 37.8. The molecule has 522 valence electrons. The Morgan fingerprint density at radius 3 is 1.25 bits per heavy atom. The second-order valence-electron chi connectivity index (χ2n) is 33.5. The number of pyridine rings is 4. The molecule has 11 heteroatoms. The number of aromatic nitrogens is 8. The van der Waals surface area contributed by atoms with Crippen LogP contribution < -0.4 is 18.3 Å². The molecule has 0 spiro atoms. The van der Waals surface area contributed by atoms with Gasteiger partial charge in [0.1, 0.15) is 50.5 Å². The minimum Gasteiger partial charge on any atom is -0.460 e. The van der Waals surface area contributed by atoms with E-state index in [1.807, 2.05) is 23.7 Å². The van der Waals surface area contributed by atoms with Gasteiger partial charge in [-0.05, 0) is 269 Å². The first kappa shape index (κ1) is 67.4. The molecule has 10 nitrogen and oxygen atoms in total. The van der Waals surface area contributed by atoms with Gasteiger partial charge in [0.05, 0.1) is 16.7 Å². The van der Waals surface area contributed by atoms with Crippen LogP contribution in [0.2, 0.25) is 0 Å². The summed E-state index contributed by atoms with van der Waals surface area (Å²) in [5.41, 5.74) is 45.9. The number of aryl methyl sites for hydroxylation is 12. The zero-order valence-electron chi connectivity index (χ0n) is 66.4. The summed E-state index contributed by atoms with van der Waals surface area (Å²) in [4.78, 5) is 1.45. The third-order valence-electron chi connectivity index (χ3n) is 27.1. The summed E-state index contributed by atoms with van der Waals surface area (Å²) in [7, 11) is 0. The van der Waals surface area contributed by atoms with Crippen molar-refractivity contribution in [2.75, 3.05) is 0 Å². The van der Waals surface area contributed by atoms with Gasteiger partial charge in [-0.2, -0.15) is 17.6 Å². The van der Waals surface area contributed by atoms with Crippen LogP contribution in [0.3, 0.4) is 0 Å². The number of thiophene rings is 1. The molecule has 0 fully saturated rings. The molecule has 4 aliphatic heterocycles. The van der Waals surface area contributed by atoms with Gasteiger partial charge in [0, 0.05) is 83.0 Å². The molecule has 11 aromatic heterocycles.